The lowest BCUT2D eigenvalue weighted by Gasteiger charge is -2.34. The molecule has 2 aromatic rings. The Morgan fingerprint density at radius 3 is 2.36 bits per heavy atom. The van der Waals surface area contributed by atoms with E-state index in [1.54, 1.807) is 24.3 Å². The smallest absolute Gasteiger partial charge is 0.257 e. The number of ether oxygens (including phenoxy) is 1. The van der Waals surface area contributed by atoms with Gasteiger partial charge in [-0.1, -0.05) is 24.3 Å². The van der Waals surface area contributed by atoms with Crippen molar-refractivity contribution in [3.05, 3.63) is 59.7 Å². The third-order valence-electron chi connectivity index (χ3n) is 4.43. The molecule has 0 atom stereocenters. The van der Waals surface area contributed by atoms with Gasteiger partial charge in [0.1, 0.15) is 11.5 Å². The molecule has 0 aromatic heterocycles. The van der Waals surface area contributed by atoms with Crippen LogP contribution in [0.25, 0.3) is 0 Å². The van der Waals surface area contributed by atoms with Crippen molar-refractivity contribution in [2.24, 2.45) is 0 Å². The van der Waals surface area contributed by atoms with E-state index in [2.05, 4.69) is 17.0 Å². The van der Waals surface area contributed by atoms with Gasteiger partial charge in [-0.05, 0) is 36.8 Å². The van der Waals surface area contributed by atoms with Gasteiger partial charge in [-0.3, -0.25) is 9.69 Å². The Morgan fingerprint density at radius 2 is 1.72 bits per heavy atom. The van der Waals surface area contributed by atoms with Crippen LogP contribution in [0.2, 0.25) is 0 Å². The summed E-state index contributed by atoms with van der Waals surface area (Å²) in [6, 6.07) is 14.9. The zero-order valence-corrected chi connectivity index (χ0v) is 14.5. The second kappa shape index (κ2) is 8.03. The van der Waals surface area contributed by atoms with E-state index in [1.807, 2.05) is 24.0 Å². The summed E-state index contributed by atoms with van der Waals surface area (Å²) in [7, 11) is 0. The monoisotopic (exact) mass is 340 g/mol. The van der Waals surface area contributed by atoms with Crippen LogP contribution in [-0.2, 0) is 6.54 Å². The number of phenolic OH excluding ortho intramolecular Hbond substituents is 1. The van der Waals surface area contributed by atoms with Crippen LogP contribution in [0.4, 0.5) is 0 Å². The van der Waals surface area contributed by atoms with Crippen molar-refractivity contribution in [1.29, 1.82) is 0 Å². The van der Waals surface area contributed by atoms with E-state index in [4.69, 9.17) is 4.74 Å². The van der Waals surface area contributed by atoms with Crippen molar-refractivity contribution in [2.75, 3.05) is 32.8 Å². The predicted octanol–water partition coefficient (Wildman–Crippen LogP) is 2.75. The molecule has 3 rings (SSSR count). The molecule has 0 unspecified atom stereocenters. The van der Waals surface area contributed by atoms with Crippen LogP contribution < -0.4 is 4.74 Å². The van der Waals surface area contributed by atoms with E-state index in [0.717, 1.165) is 25.4 Å². The highest BCUT2D eigenvalue weighted by atomic mass is 16.5. The van der Waals surface area contributed by atoms with Crippen LogP contribution in [0.5, 0.6) is 11.5 Å². The molecule has 1 fully saturated rings. The van der Waals surface area contributed by atoms with Gasteiger partial charge >= 0.3 is 0 Å². The van der Waals surface area contributed by atoms with E-state index in [9.17, 15) is 9.90 Å². The standard InChI is InChI=1S/C20H24N2O3/c1-2-25-17-9-7-16(8-10-17)15-21-11-13-22(14-12-21)20(24)18-5-3-4-6-19(18)23/h3-10,23H,2,11-15H2,1H3. The molecule has 1 aliphatic rings. The normalized spacial score (nSPS) is 15.2. The zero-order valence-electron chi connectivity index (χ0n) is 14.5. The van der Waals surface area contributed by atoms with Gasteiger partial charge in [0, 0.05) is 32.7 Å². The van der Waals surface area contributed by atoms with Crippen LogP contribution in [0.3, 0.4) is 0 Å². The molecule has 0 aliphatic carbocycles. The topological polar surface area (TPSA) is 53.0 Å². The zero-order chi connectivity index (χ0) is 17.6. The number of piperazine rings is 1. The maximum atomic E-state index is 12.5. The van der Waals surface area contributed by atoms with Crippen LogP contribution in [0, 0.1) is 0 Å². The van der Waals surface area contributed by atoms with E-state index < -0.39 is 0 Å². The second-order valence-corrected chi connectivity index (χ2v) is 6.16. The number of carbonyl (C=O) groups is 1. The van der Waals surface area contributed by atoms with E-state index in [-0.39, 0.29) is 11.7 Å². The molecule has 0 bridgehead atoms. The summed E-state index contributed by atoms with van der Waals surface area (Å²) in [5.74, 6) is 0.840. The number of hydrogen-bond acceptors (Lipinski definition) is 4. The molecule has 1 N–H and O–H groups in total. The number of phenols is 1. The minimum atomic E-state index is -0.0983. The molecular weight excluding hydrogens is 316 g/mol. The van der Waals surface area contributed by atoms with Gasteiger partial charge < -0.3 is 14.7 Å². The van der Waals surface area contributed by atoms with Crippen molar-refractivity contribution in [2.45, 2.75) is 13.5 Å². The quantitative estimate of drug-likeness (QED) is 0.909. The number of aromatic hydroxyl groups is 1. The van der Waals surface area contributed by atoms with Gasteiger partial charge in [0.25, 0.3) is 5.91 Å². The fraction of sp³-hybridized carbons (Fsp3) is 0.350. The fourth-order valence-electron chi connectivity index (χ4n) is 3.05. The first-order chi connectivity index (χ1) is 12.2. The third-order valence-corrected chi connectivity index (χ3v) is 4.43. The molecule has 0 spiro atoms. The highest BCUT2D eigenvalue weighted by Gasteiger charge is 2.23. The van der Waals surface area contributed by atoms with Gasteiger partial charge in [-0.2, -0.15) is 0 Å². The Balaban J connectivity index is 1.53. The molecule has 1 saturated heterocycles. The number of para-hydroxylation sites is 1. The van der Waals surface area contributed by atoms with Gasteiger partial charge in [-0.25, -0.2) is 0 Å². The van der Waals surface area contributed by atoms with Crippen molar-refractivity contribution in [3.63, 3.8) is 0 Å². The lowest BCUT2D eigenvalue weighted by molar-refractivity contribution is 0.0625. The van der Waals surface area contributed by atoms with Gasteiger partial charge in [-0.15, -0.1) is 0 Å². The third kappa shape index (κ3) is 4.31. The highest BCUT2D eigenvalue weighted by molar-refractivity contribution is 5.96. The Labute approximate surface area is 148 Å². The van der Waals surface area contributed by atoms with Crippen LogP contribution in [-0.4, -0.2) is 53.6 Å². The van der Waals surface area contributed by atoms with Gasteiger partial charge in [0.05, 0.1) is 12.2 Å². The Hall–Kier alpha value is -2.53. The molecule has 1 heterocycles. The Bertz CT molecular complexity index is 707. The number of nitrogens with zero attached hydrogens (tertiary/aromatic N) is 2. The minimum Gasteiger partial charge on any atom is -0.507 e. The summed E-state index contributed by atoms with van der Waals surface area (Å²) >= 11 is 0. The molecule has 5 heteroatoms. The summed E-state index contributed by atoms with van der Waals surface area (Å²) < 4.78 is 5.46. The number of hydrogen-bond donors (Lipinski definition) is 1. The minimum absolute atomic E-state index is 0.0457. The molecule has 2 aromatic carbocycles. The number of rotatable bonds is 5. The first kappa shape index (κ1) is 17.3. The number of amides is 1. The maximum Gasteiger partial charge on any atom is 0.257 e. The van der Waals surface area contributed by atoms with E-state index in [0.29, 0.717) is 25.3 Å². The SMILES string of the molecule is CCOc1ccc(CN2CCN(C(=O)c3ccccc3O)CC2)cc1. The Morgan fingerprint density at radius 1 is 1.04 bits per heavy atom. The van der Waals surface area contributed by atoms with Gasteiger partial charge in [0.2, 0.25) is 0 Å². The number of carbonyl (C=O) groups excluding carboxylic acids is 1. The summed E-state index contributed by atoms with van der Waals surface area (Å²) in [5.41, 5.74) is 1.62. The van der Waals surface area contributed by atoms with E-state index >= 15 is 0 Å². The summed E-state index contributed by atoms with van der Waals surface area (Å²) in [4.78, 5) is 16.7. The predicted molar refractivity (Wildman–Crippen MR) is 96.9 cm³/mol. The summed E-state index contributed by atoms with van der Waals surface area (Å²) in [6.45, 7) is 6.51. The average molecular weight is 340 g/mol. The summed E-state index contributed by atoms with van der Waals surface area (Å²) in [5, 5.41) is 9.85. The lowest BCUT2D eigenvalue weighted by Crippen LogP contribution is -2.48. The van der Waals surface area contributed by atoms with Crippen LogP contribution in [0.1, 0.15) is 22.8 Å². The largest absolute Gasteiger partial charge is 0.507 e. The average Bonchev–Trinajstić information content (AvgIpc) is 2.64. The van der Waals surface area contributed by atoms with Crippen LogP contribution >= 0.6 is 0 Å². The molecular formula is C20H24N2O3. The van der Waals surface area contributed by atoms with Crippen molar-refractivity contribution >= 4 is 5.91 Å². The van der Waals surface area contributed by atoms with Crippen LogP contribution in [0.15, 0.2) is 48.5 Å². The molecule has 25 heavy (non-hydrogen) atoms. The molecule has 1 aliphatic heterocycles. The molecule has 5 nitrogen and oxygen atoms in total. The van der Waals surface area contributed by atoms with Crippen molar-refractivity contribution in [3.8, 4) is 11.5 Å². The molecule has 0 radical (unpaired) electrons. The first-order valence-electron chi connectivity index (χ1n) is 8.68. The second-order valence-electron chi connectivity index (χ2n) is 6.16. The number of benzene rings is 2. The van der Waals surface area contributed by atoms with Crippen molar-refractivity contribution < 1.29 is 14.6 Å². The fourth-order valence-corrected chi connectivity index (χ4v) is 3.05. The summed E-state index contributed by atoms with van der Waals surface area (Å²) in [6.07, 6.45) is 0. The van der Waals surface area contributed by atoms with E-state index in [1.165, 1.54) is 5.56 Å². The molecule has 0 saturated carbocycles. The Kier molecular flexibility index (Phi) is 5.56. The van der Waals surface area contributed by atoms with Crippen molar-refractivity contribution in [1.82, 2.24) is 9.80 Å². The lowest BCUT2D eigenvalue weighted by atomic mass is 10.1. The first-order valence-corrected chi connectivity index (χ1v) is 8.68. The highest BCUT2D eigenvalue weighted by Crippen LogP contribution is 2.19. The van der Waals surface area contributed by atoms with Gasteiger partial charge in [0.15, 0.2) is 0 Å². The molecule has 1 amide bonds. The molecule has 132 valence electrons. The maximum absolute atomic E-state index is 12.5.